The molecule has 0 fully saturated rings. The number of hydrogen-bond donors (Lipinski definition) is 2. The maximum absolute atomic E-state index is 12.6. The summed E-state index contributed by atoms with van der Waals surface area (Å²) in [6, 6.07) is 13.6. The summed E-state index contributed by atoms with van der Waals surface area (Å²) in [5, 5.41) is 6.06. The van der Waals surface area contributed by atoms with Gasteiger partial charge in [0.1, 0.15) is 5.75 Å². The van der Waals surface area contributed by atoms with Gasteiger partial charge in [0.15, 0.2) is 6.10 Å². The highest BCUT2D eigenvalue weighted by Crippen LogP contribution is 2.20. The molecule has 0 unspecified atom stereocenters. The van der Waals surface area contributed by atoms with E-state index in [0.29, 0.717) is 35.0 Å². The van der Waals surface area contributed by atoms with Crippen molar-refractivity contribution in [3.05, 3.63) is 71.8 Å². The number of carbonyl (C=O) groups excluding carboxylic acids is 2. The topological polar surface area (TPSA) is 67.4 Å². The molecule has 0 aromatic heterocycles. The SMILES string of the molecule is C=CCNC(=O)c1ccccc1NC(=O)[C@H](CC)Oc1ccc(Cl)cc1. The third-order valence-electron chi connectivity index (χ3n) is 3.59. The van der Waals surface area contributed by atoms with E-state index >= 15 is 0 Å². The zero-order chi connectivity index (χ0) is 18.9. The van der Waals surface area contributed by atoms with Crippen LogP contribution in [0.4, 0.5) is 5.69 Å². The van der Waals surface area contributed by atoms with E-state index in [4.69, 9.17) is 16.3 Å². The summed E-state index contributed by atoms with van der Waals surface area (Å²) in [5.41, 5.74) is 0.807. The minimum Gasteiger partial charge on any atom is -0.481 e. The van der Waals surface area contributed by atoms with E-state index in [1.54, 1.807) is 54.6 Å². The van der Waals surface area contributed by atoms with Crippen molar-refractivity contribution in [3.8, 4) is 5.75 Å². The van der Waals surface area contributed by atoms with Gasteiger partial charge in [-0.05, 0) is 42.8 Å². The molecule has 0 spiro atoms. The molecule has 5 nitrogen and oxygen atoms in total. The van der Waals surface area contributed by atoms with Crippen molar-refractivity contribution in [3.63, 3.8) is 0 Å². The van der Waals surface area contributed by atoms with Crippen molar-refractivity contribution in [2.45, 2.75) is 19.4 Å². The van der Waals surface area contributed by atoms with Gasteiger partial charge in [-0.3, -0.25) is 9.59 Å². The van der Waals surface area contributed by atoms with Gasteiger partial charge in [0.05, 0.1) is 11.3 Å². The quantitative estimate of drug-likeness (QED) is 0.687. The molecule has 2 rings (SSSR count). The van der Waals surface area contributed by atoms with Crippen LogP contribution in [-0.2, 0) is 4.79 Å². The molecular weight excluding hydrogens is 352 g/mol. The summed E-state index contributed by atoms with van der Waals surface area (Å²) in [4.78, 5) is 24.8. The van der Waals surface area contributed by atoms with Gasteiger partial charge in [-0.2, -0.15) is 0 Å². The maximum Gasteiger partial charge on any atom is 0.265 e. The van der Waals surface area contributed by atoms with Gasteiger partial charge in [0, 0.05) is 11.6 Å². The molecule has 2 aromatic rings. The van der Waals surface area contributed by atoms with Crippen LogP contribution < -0.4 is 15.4 Å². The zero-order valence-electron chi connectivity index (χ0n) is 14.5. The Bertz CT molecular complexity index is 775. The van der Waals surface area contributed by atoms with Gasteiger partial charge >= 0.3 is 0 Å². The third-order valence-corrected chi connectivity index (χ3v) is 3.84. The molecular formula is C20H21ClN2O3. The molecule has 0 saturated heterocycles. The number of halogens is 1. The van der Waals surface area contributed by atoms with Crippen LogP contribution in [0.1, 0.15) is 23.7 Å². The number of carbonyl (C=O) groups is 2. The Morgan fingerprint density at radius 2 is 1.88 bits per heavy atom. The summed E-state index contributed by atoms with van der Waals surface area (Å²) in [6.07, 6.45) is 1.37. The fourth-order valence-electron chi connectivity index (χ4n) is 2.26. The fourth-order valence-corrected chi connectivity index (χ4v) is 2.39. The normalized spacial score (nSPS) is 11.3. The predicted octanol–water partition coefficient (Wildman–Crippen LogP) is 4.05. The van der Waals surface area contributed by atoms with E-state index in [0.717, 1.165) is 0 Å². The second kappa shape index (κ2) is 9.63. The summed E-state index contributed by atoms with van der Waals surface area (Å²) in [7, 11) is 0. The zero-order valence-corrected chi connectivity index (χ0v) is 15.3. The van der Waals surface area contributed by atoms with Gasteiger partial charge in [-0.15, -0.1) is 6.58 Å². The van der Waals surface area contributed by atoms with Crippen molar-refractivity contribution in [2.24, 2.45) is 0 Å². The minimum atomic E-state index is -0.694. The number of para-hydroxylation sites is 1. The first kappa shape index (κ1) is 19.5. The summed E-state index contributed by atoms with van der Waals surface area (Å²) in [5.74, 6) is -0.0627. The molecule has 1 atom stereocenters. The highest BCUT2D eigenvalue weighted by molar-refractivity contribution is 6.30. The van der Waals surface area contributed by atoms with Gasteiger partial charge in [-0.1, -0.05) is 36.7 Å². The molecule has 136 valence electrons. The Labute approximate surface area is 158 Å². The van der Waals surface area contributed by atoms with Crippen LogP contribution >= 0.6 is 11.6 Å². The molecule has 0 aliphatic carbocycles. The molecule has 0 heterocycles. The molecule has 6 heteroatoms. The summed E-state index contributed by atoms with van der Waals surface area (Å²) < 4.78 is 5.73. The van der Waals surface area contributed by atoms with Gasteiger partial charge in [-0.25, -0.2) is 0 Å². The number of rotatable bonds is 8. The average Bonchev–Trinajstić information content (AvgIpc) is 2.66. The molecule has 0 radical (unpaired) electrons. The van der Waals surface area contributed by atoms with Crippen molar-refractivity contribution in [1.82, 2.24) is 5.32 Å². The van der Waals surface area contributed by atoms with Crippen LogP contribution in [0.3, 0.4) is 0 Å². The molecule has 2 amide bonds. The largest absolute Gasteiger partial charge is 0.481 e. The minimum absolute atomic E-state index is 0.285. The monoisotopic (exact) mass is 372 g/mol. The smallest absolute Gasteiger partial charge is 0.265 e. The van der Waals surface area contributed by atoms with Crippen LogP contribution in [-0.4, -0.2) is 24.5 Å². The Morgan fingerprint density at radius 3 is 2.54 bits per heavy atom. The van der Waals surface area contributed by atoms with Crippen molar-refractivity contribution in [1.29, 1.82) is 0 Å². The number of anilines is 1. The van der Waals surface area contributed by atoms with E-state index in [1.807, 2.05) is 6.92 Å². The Morgan fingerprint density at radius 1 is 1.19 bits per heavy atom. The number of ether oxygens (including phenoxy) is 1. The number of hydrogen-bond acceptors (Lipinski definition) is 3. The van der Waals surface area contributed by atoms with Gasteiger partial charge in [0.2, 0.25) is 0 Å². The lowest BCUT2D eigenvalue weighted by molar-refractivity contribution is -0.122. The molecule has 0 aliphatic heterocycles. The lowest BCUT2D eigenvalue weighted by Gasteiger charge is -2.18. The first-order valence-corrected chi connectivity index (χ1v) is 8.64. The Kier molecular flexibility index (Phi) is 7.24. The highest BCUT2D eigenvalue weighted by atomic mass is 35.5. The summed E-state index contributed by atoms with van der Waals surface area (Å²) in [6.45, 7) is 5.76. The summed E-state index contributed by atoms with van der Waals surface area (Å²) >= 11 is 5.86. The van der Waals surface area contributed by atoms with Crippen molar-refractivity contribution >= 4 is 29.1 Å². The highest BCUT2D eigenvalue weighted by Gasteiger charge is 2.20. The second-order valence-electron chi connectivity index (χ2n) is 5.50. The first-order valence-electron chi connectivity index (χ1n) is 8.26. The number of benzene rings is 2. The van der Waals surface area contributed by atoms with Crippen LogP contribution in [0.5, 0.6) is 5.75 Å². The van der Waals surface area contributed by atoms with E-state index in [-0.39, 0.29) is 11.8 Å². The van der Waals surface area contributed by atoms with Crippen molar-refractivity contribution in [2.75, 3.05) is 11.9 Å². The number of nitrogens with one attached hydrogen (secondary N) is 2. The van der Waals surface area contributed by atoms with E-state index in [2.05, 4.69) is 17.2 Å². The Hall–Kier alpha value is -2.79. The molecule has 26 heavy (non-hydrogen) atoms. The van der Waals surface area contributed by atoms with Crippen LogP contribution in [0, 0.1) is 0 Å². The Balaban J connectivity index is 2.11. The molecule has 2 N–H and O–H groups in total. The van der Waals surface area contributed by atoms with E-state index in [1.165, 1.54) is 0 Å². The van der Waals surface area contributed by atoms with Gasteiger partial charge < -0.3 is 15.4 Å². The van der Waals surface area contributed by atoms with Gasteiger partial charge in [0.25, 0.3) is 11.8 Å². The lowest BCUT2D eigenvalue weighted by Crippen LogP contribution is -2.33. The van der Waals surface area contributed by atoms with Crippen molar-refractivity contribution < 1.29 is 14.3 Å². The number of amides is 2. The second-order valence-corrected chi connectivity index (χ2v) is 5.94. The molecule has 0 aliphatic rings. The van der Waals surface area contributed by atoms with Crippen LogP contribution in [0.15, 0.2) is 61.2 Å². The third kappa shape index (κ3) is 5.36. The fraction of sp³-hybridized carbons (Fsp3) is 0.200. The average molecular weight is 373 g/mol. The predicted molar refractivity (Wildman–Crippen MR) is 104 cm³/mol. The van der Waals surface area contributed by atoms with Crippen LogP contribution in [0.25, 0.3) is 0 Å². The lowest BCUT2D eigenvalue weighted by atomic mass is 10.1. The van der Waals surface area contributed by atoms with Crippen LogP contribution in [0.2, 0.25) is 5.02 Å². The molecule has 0 bridgehead atoms. The molecule has 2 aromatic carbocycles. The standard InChI is InChI=1S/C20H21ClN2O3/c1-3-13-22-19(24)16-7-5-6-8-17(16)23-20(25)18(4-2)26-15-11-9-14(21)10-12-15/h3,5-12,18H,1,4,13H2,2H3,(H,22,24)(H,23,25)/t18-/m0/s1. The van der Waals surface area contributed by atoms with E-state index < -0.39 is 6.10 Å². The first-order chi connectivity index (χ1) is 12.5. The molecule has 0 saturated carbocycles. The van der Waals surface area contributed by atoms with E-state index in [9.17, 15) is 9.59 Å². The maximum atomic E-state index is 12.6.